The van der Waals surface area contributed by atoms with Gasteiger partial charge in [0, 0.05) is 32.2 Å². The second-order valence-electron chi connectivity index (χ2n) is 7.25. The molecular formula is C20H30N2O5S. The highest BCUT2D eigenvalue weighted by molar-refractivity contribution is 7.89. The molecular weight excluding hydrogens is 380 g/mol. The maximum absolute atomic E-state index is 13.5. The number of anilines is 1. The second kappa shape index (κ2) is 9.13. The van der Waals surface area contributed by atoms with E-state index < -0.39 is 16.0 Å². The van der Waals surface area contributed by atoms with Crippen LogP contribution in [0.3, 0.4) is 0 Å². The zero-order valence-corrected chi connectivity index (χ0v) is 17.6. The molecule has 0 saturated carbocycles. The number of methoxy groups -OCH3 is 1. The van der Waals surface area contributed by atoms with Gasteiger partial charge >= 0.3 is 5.97 Å². The molecule has 0 bridgehead atoms. The van der Waals surface area contributed by atoms with Crippen LogP contribution in [0.5, 0.6) is 5.75 Å². The first-order valence-electron chi connectivity index (χ1n) is 10.1. The van der Waals surface area contributed by atoms with E-state index in [-0.39, 0.29) is 10.5 Å². The van der Waals surface area contributed by atoms with Crippen LogP contribution in [0.4, 0.5) is 5.69 Å². The third kappa shape index (κ3) is 4.27. The maximum atomic E-state index is 13.5. The van der Waals surface area contributed by atoms with Crippen LogP contribution >= 0.6 is 0 Å². The Balaban J connectivity index is 2.14. The van der Waals surface area contributed by atoms with Crippen molar-refractivity contribution in [3.05, 3.63) is 17.7 Å². The van der Waals surface area contributed by atoms with Gasteiger partial charge in [0.1, 0.15) is 16.2 Å². The highest BCUT2D eigenvalue weighted by Crippen LogP contribution is 2.37. The van der Waals surface area contributed by atoms with Gasteiger partial charge < -0.3 is 14.4 Å². The predicted molar refractivity (Wildman–Crippen MR) is 108 cm³/mol. The second-order valence-corrected chi connectivity index (χ2v) is 9.16. The van der Waals surface area contributed by atoms with Crippen LogP contribution < -0.4 is 9.64 Å². The number of hydrogen-bond donors (Lipinski definition) is 0. The fraction of sp³-hybridized carbons (Fsp3) is 0.650. The minimum absolute atomic E-state index is 0.153. The maximum Gasteiger partial charge on any atom is 0.341 e. The summed E-state index contributed by atoms with van der Waals surface area (Å²) in [6, 6.07) is 3.16. The van der Waals surface area contributed by atoms with E-state index in [0.717, 1.165) is 51.6 Å². The first-order valence-corrected chi connectivity index (χ1v) is 11.6. The molecule has 8 heteroatoms. The van der Waals surface area contributed by atoms with Crippen LogP contribution in [-0.2, 0) is 14.8 Å². The van der Waals surface area contributed by atoms with Crippen molar-refractivity contribution in [2.24, 2.45) is 0 Å². The third-order valence-corrected chi connectivity index (χ3v) is 7.32. The first-order chi connectivity index (χ1) is 13.5. The monoisotopic (exact) mass is 410 g/mol. The summed E-state index contributed by atoms with van der Waals surface area (Å²) in [5.74, 6) is -0.226. The highest BCUT2D eigenvalue weighted by atomic mass is 32.2. The number of carbonyl (C=O) groups is 1. The predicted octanol–water partition coefficient (Wildman–Crippen LogP) is 3.04. The topological polar surface area (TPSA) is 76.2 Å². The van der Waals surface area contributed by atoms with Gasteiger partial charge in [-0.3, -0.25) is 0 Å². The molecule has 7 nitrogen and oxygen atoms in total. The number of sulfonamides is 1. The van der Waals surface area contributed by atoms with Crippen molar-refractivity contribution in [1.29, 1.82) is 0 Å². The van der Waals surface area contributed by atoms with E-state index in [1.165, 1.54) is 13.2 Å². The van der Waals surface area contributed by atoms with E-state index in [1.807, 2.05) is 6.92 Å². The van der Waals surface area contributed by atoms with E-state index in [2.05, 4.69) is 4.90 Å². The number of piperidine rings is 2. The Morgan fingerprint density at radius 1 is 1.00 bits per heavy atom. The molecule has 2 saturated heterocycles. The van der Waals surface area contributed by atoms with Crippen molar-refractivity contribution in [3.8, 4) is 5.75 Å². The van der Waals surface area contributed by atoms with Crippen LogP contribution in [0.25, 0.3) is 0 Å². The SMILES string of the molecule is CCOc1cc(N2CCCCC2)c(S(=O)(=O)N2CCCCC2)cc1C(=O)OC. The lowest BCUT2D eigenvalue weighted by molar-refractivity contribution is 0.0596. The smallest absolute Gasteiger partial charge is 0.341 e. The average Bonchev–Trinajstić information content (AvgIpc) is 2.74. The molecule has 0 unspecified atom stereocenters. The fourth-order valence-electron chi connectivity index (χ4n) is 3.93. The van der Waals surface area contributed by atoms with E-state index in [0.29, 0.717) is 31.1 Å². The van der Waals surface area contributed by atoms with Crippen LogP contribution in [0.2, 0.25) is 0 Å². The molecule has 0 radical (unpaired) electrons. The Hall–Kier alpha value is -1.80. The Bertz CT molecular complexity index is 797. The van der Waals surface area contributed by atoms with Gasteiger partial charge in [0.05, 0.1) is 19.4 Å². The van der Waals surface area contributed by atoms with Gasteiger partial charge in [0.25, 0.3) is 0 Å². The molecule has 0 aromatic heterocycles. The highest BCUT2D eigenvalue weighted by Gasteiger charge is 2.32. The summed E-state index contributed by atoms with van der Waals surface area (Å²) in [5.41, 5.74) is 0.780. The summed E-state index contributed by atoms with van der Waals surface area (Å²) < 4.78 is 39.1. The third-order valence-electron chi connectivity index (χ3n) is 5.40. The Labute approximate surface area is 167 Å². The quantitative estimate of drug-likeness (QED) is 0.671. The van der Waals surface area contributed by atoms with Crippen LogP contribution in [0.1, 0.15) is 55.8 Å². The number of benzene rings is 1. The van der Waals surface area contributed by atoms with E-state index in [1.54, 1.807) is 10.4 Å². The van der Waals surface area contributed by atoms with Crippen LogP contribution in [0, 0.1) is 0 Å². The van der Waals surface area contributed by atoms with Gasteiger partial charge in [-0.15, -0.1) is 0 Å². The summed E-state index contributed by atoms with van der Waals surface area (Å²) in [5, 5.41) is 0. The van der Waals surface area contributed by atoms with Gasteiger partial charge in [0.2, 0.25) is 10.0 Å². The van der Waals surface area contributed by atoms with Crippen molar-refractivity contribution in [3.63, 3.8) is 0 Å². The van der Waals surface area contributed by atoms with Gasteiger partial charge in [-0.25, -0.2) is 13.2 Å². The van der Waals surface area contributed by atoms with Crippen molar-refractivity contribution in [2.45, 2.75) is 50.3 Å². The molecule has 2 heterocycles. The molecule has 1 aromatic carbocycles. The van der Waals surface area contributed by atoms with Crippen LogP contribution in [0.15, 0.2) is 17.0 Å². The minimum Gasteiger partial charge on any atom is -0.493 e. The number of ether oxygens (including phenoxy) is 2. The summed E-state index contributed by atoms with van der Waals surface area (Å²) in [6.45, 7) is 4.84. The lowest BCUT2D eigenvalue weighted by Crippen LogP contribution is -2.37. The number of rotatable bonds is 6. The molecule has 0 amide bonds. The normalized spacial score (nSPS) is 18.7. The molecule has 3 rings (SSSR count). The standard InChI is InChI=1S/C20H30N2O5S/c1-3-27-18-15-17(21-10-6-4-7-11-21)19(14-16(18)20(23)26-2)28(24,25)22-12-8-5-9-13-22/h14-15H,3-13H2,1-2H3. The molecule has 2 aliphatic heterocycles. The molecule has 2 fully saturated rings. The summed E-state index contributed by atoms with van der Waals surface area (Å²) >= 11 is 0. The number of hydrogen-bond acceptors (Lipinski definition) is 6. The Morgan fingerprint density at radius 3 is 2.18 bits per heavy atom. The zero-order valence-electron chi connectivity index (χ0n) is 16.8. The summed E-state index contributed by atoms with van der Waals surface area (Å²) in [4.78, 5) is 14.6. The van der Waals surface area contributed by atoms with Gasteiger partial charge in [-0.2, -0.15) is 4.31 Å². The molecule has 28 heavy (non-hydrogen) atoms. The molecule has 156 valence electrons. The van der Waals surface area contributed by atoms with Gasteiger partial charge in [-0.05, 0) is 45.1 Å². The zero-order chi connectivity index (χ0) is 20.1. The van der Waals surface area contributed by atoms with E-state index in [4.69, 9.17) is 9.47 Å². The molecule has 0 spiro atoms. The van der Waals surface area contributed by atoms with Crippen molar-refractivity contribution < 1.29 is 22.7 Å². The summed E-state index contributed by atoms with van der Waals surface area (Å²) in [7, 11) is -2.42. The first kappa shape index (κ1) is 20.9. The Kier molecular flexibility index (Phi) is 6.82. The molecule has 1 aromatic rings. The number of esters is 1. The summed E-state index contributed by atoms with van der Waals surface area (Å²) in [6.07, 6.45) is 5.95. The molecule has 2 aliphatic rings. The largest absolute Gasteiger partial charge is 0.493 e. The lowest BCUT2D eigenvalue weighted by Gasteiger charge is -2.33. The van der Waals surface area contributed by atoms with Gasteiger partial charge in [0.15, 0.2) is 0 Å². The van der Waals surface area contributed by atoms with E-state index >= 15 is 0 Å². The molecule has 0 atom stereocenters. The van der Waals surface area contributed by atoms with E-state index in [9.17, 15) is 13.2 Å². The fourth-order valence-corrected chi connectivity index (χ4v) is 5.66. The number of carbonyl (C=O) groups excluding carboxylic acids is 1. The van der Waals surface area contributed by atoms with Crippen molar-refractivity contribution >= 4 is 21.7 Å². The van der Waals surface area contributed by atoms with Crippen LogP contribution in [-0.4, -0.2) is 58.6 Å². The molecule has 0 N–H and O–H groups in total. The Morgan fingerprint density at radius 2 is 1.61 bits per heavy atom. The van der Waals surface area contributed by atoms with Crippen molar-refractivity contribution in [2.75, 3.05) is 44.8 Å². The van der Waals surface area contributed by atoms with Gasteiger partial charge in [-0.1, -0.05) is 6.42 Å². The number of nitrogens with zero attached hydrogens (tertiary/aromatic N) is 2. The lowest BCUT2D eigenvalue weighted by atomic mass is 10.1. The van der Waals surface area contributed by atoms with Crippen molar-refractivity contribution in [1.82, 2.24) is 4.31 Å². The minimum atomic E-state index is -3.71. The molecule has 0 aliphatic carbocycles. The average molecular weight is 411 g/mol.